The van der Waals surface area contributed by atoms with Crippen molar-refractivity contribution in [3.8, 4) is 0 Å². The monoisotopic (exact) mass is 324 g/mol. The van der Waals surface area contributed by atoms with Crippen molar-refractivity contribution in [1.29, 1.82) is 0 Å². The summed E-state index contributed by atoms with van der Waals surface area (Å²) in [5.41, 5.74) is 3.05. The van der Waals surface area contributed by atoms with Gasteiger partial charge in [0.1, 0.15) is 0 Å². The highest BCUT2D eigenvalue weighted by Crippen LogP contribution is 2.19. The first-order chi connectivity index (χ1) is 11.7. The number of rotatable bonds is 7. The van der Waals surface area contributed by atoms with E-state index in [1.54, 1.807) is 10.8 Å². The minimum atomic E-state index is -0.163. The summed E-state index contributed by atoms with van der Waals surface area (Å²) < 4.78 is 1.68. The highest BCUT2D eigenvalue weighted by Gasteiger charge is 2.16. The molecule has 0 saturated carbocycles. The van der Waals surface area contributed by atoms with Gasteiger partial charge in [-0.3, -0.25) is 9.55 Å². The fourth-order valence-corrected chi connectivity index (χ4v) is 3.03. The largest absolute Gasteiger partial charge is 0.329 e. The van der Waals surface area contributed by atoms with E-state index in [4.69, 9.17) is 0 Å². The van der Waals surface area contributed by atoms with Gasteiger partial charge in [-0.1, -0.05) is 56.5 Å². The average Bonchev–Trinajstić information content (AvgIpc) is 2.94. The Kier molecular flexibility index (Phi) is 5.08. The maximum atomic E-state index is 12.4. The van der Waals surface area contributed by atoms with Crippen LogP contribution >= 0.6 is 0 Å². The number of hydrogen-bond acceptors (Lipinski definition) is 3. The zero-order valence-corrected chi connectivity index (χ0v) is 14.3. The van der Waals surface area contributed by atoms with Crippen LogP contribution in [0.25, 0.3) is 11.3 Å². The lowest BCUT2D eigenvalue weighted by molar-refractivity contribution is 0.630. The van der Waals surface area contributed by atoms with Gasteiger partial charge in [-0.05, 0) is 25.3 Å². The molecule has 0 unspecified atom stereocenters. The maximum Gasteiger partial charge on any atom is 0.329 e. The molecule has 24 heavy (non-hydrogen) atoms. The Bertz CT molecular complexity index is 851. The van der Waals surface area contributed by atoms with Gasteiger partial charge in [0.05, 0.1) is 17.9 Å². The Morgan fingerprint density at radius 2 is 1.96 bits per heavy atom. The van der Waals surface area contributed by atoms with Crippen LogP contribution in [0.15, 0.2) is 41.3 Å². The lowest BCUT2D eigenvalue weighted by Crippen LogP contribution is -2.21. The highest BCUT2D eigenvalue weighted by molar-refractivity contribution is 5.65. The molecule has 3 rings (SSSR count). The zero-order chi connectivity index (χ0) is 16.9. The summed E-state index contributed by atoms with van der Waals surface area (Å²) in [6, 6.07) is 9.88. The minimum absolute atomic E-state index is 0.0860. The summed E-state index contributed by atoms with van der Waals surface area (Å²) in [5.74, 6) is 0. The molecule has 0 bridgehead atoms. The van der Waals surface area contributed by atoms with Crippen molar-refractivity contribution < 1.29 is 0 Å². The van der Waals surface area contributed by atoms with Gasteiger partial charge in [-0.2, -0.15) is 0 Å². The number of imidazole rings is 1. The number of nitrogens with one attached hydrogen (secondary N) is 1. The van der Waals surface area contributed by atoms with Crippen LogP contribution in [0.4, 0.5) is 0 Å². The number of fused-ring (bicyclic) bond motifs is 1. The molecule has 0 fully saturated rings. The summed E-state index contributed by atoms with van der Waals surface area (Å²) >= 11 is 0. The Morgan fingerprint density at radius 1 is 1.17 bits per heavy atom. The van der Waals surface area contributed by atoms with E-state index >= 15 is 0 Å². The number of benzene rings is 1. The molecule has 1 aromatic carbocycles. The molecule has 0 aliphatic carbocycles. The molecule has 2 aromatic heterocycles. The number of aromatic amines is 1. The molecule has 0 amide bonds. The Hall–Kier alpha value is -2.43. The van der Waals surface area contributed by atoms with Crippen molar-refractivity contribution in [2.45, 2.75) is 52.0 Å². The molecule has 5 nitrogen and oxygen atoms in total. The Morgan fingerprint density at radius 3 is 2.71 bits per heavy atom. The van der Waals surface area contributed by atoms with Crippen LogP contribution in [0.2, 0.25) is 0 Å². The van der Waals surface area contributed by atoms with Gasteiger partial charge in [0.15, 0.2) is 11.3 Å². The van der Waals surface area contributed by atoms with Crippen molar-refractivity contribution in [2.75, 3.05) is 0 Å². The minimum Gasteiger partial charge on any atom is -0.289 e. The SMILES string of the molecule is CCCCCCc1cnc2c(n1)[nH]c(=O)n2[C@@H](C)c1ccccc1. The summed E-state index contributed by atoms with van der Waals surface area (Å²) in [5, 5.41) is 0. The van der Waals surface area contributed by atoms with Crippen molar-refractivity contribution in [3.63, 3.8) is 0 Å². The summed E-state index contributed by atoms with van der Waals surface area (Å²) in [4.78, 5) is 24.4. The average molecular weight is 324 g/mol. The van der Waals surface area contributed by atoms with Crippen LogP contribution in [0, 0.1) is 0 Å². The van der Waals surface area contributed by atoms with Crippen LogP contribution in [0.3, 0.4) is 0 Å². The van der Waals surface area contributed by atoms with Crippen molar-refractivity contribution in [2.24, 2.45) is 0 Å². The molecule has 126 valence electrons. The number of nitrogens with zero attached hydrogens (tertiary/aromatic N) is 3. The number of aryl methyl sites for hydroxylation is 1. The second kappa shape index (κ2) is 7.43. The second-order valence-electron chi connectivity index (χ2n) is 6.23. The van der Waals surface area contributed by atoms with Crippen molar-refractivity contribution in [1.82, 2.24) is 19.5 Å². The van der Waals surface area contributed by atoms with Gasteiger partial charge in [0.2, 0.25) is 0 Å². The Labute approximate surface area is 141 Å². The molecule has 0 aliphatic rings. The van der Waals surface area contributed by atoms with Crippen LogP contribution < -0.4 is 5.69 Å². The summed E-state index contributed by atoms with van der Waals surface area (Å²) in [6.45, 7) is 4.21. The molecule has 2 heterocycles. The second-order valence-corrected chi connectivity index (χ2v) is 6.23. The van der Waals surface area contributed by atoms with E-state index in [9.17, 15) is 4.79 Å². The van der Waals surface area contributed by atoms with Crippen LogP contribution in [-0.2, 0) is 6.42 Å². The van der Waals surface area contributed by atoms with Gasteiger partial charge >= 0.3 is 5.69 Å². The number of hydrogen-bond donors (Lipinski definition) is 1. The van der Waals surface area contributed by atoms with E-state index < -0.39 is 0 Å². The quantitative estimate of drug-likeness (QED) is 0.671. The van der Waals surface area contributed by atoms with E-state index in [0.717, 1.165) is 24.1 Å². The molecule has 1 atom stereocenters. The lowest BCUT2D eigenvalue weighted by atomic mass is 10.1. The van der Waals surface area contributed by atoms with E-state index in [-0.39, 0.29) is 11.7 Å². The smallest absolute Gasteiger partial charge is 0.289 e. The molecule has 0 aliphatic heterocycles. The first-order valence-corrected chi connectivity index (χ1v) is 8.71. The normalized spacial score (nSPS) is 12.6. The van der Waals surface area contributed by atoms with Gasteiger partial charge in [0, 0.05) is 0 Å². The fraction of sp³-hybridized carbons (Fsp3) is 0.421. The molecule has 5 heteroatoms. The van der Waals surface area contributed by atoms with Crippen LogP contribution in [0.5, 0.6) is 0 Å². The first-order valence-electron chi connectivity index (χ1n) is 8.71. The summed E-state index contributed by atoms with van der Waals surface area (Å²) in [6.07, 6.45) is 7.49. The van der Waals surface area contributed by atoms with Crippen molar-refractivity contribution >= 4 is 11.3 Å². The summed E-state index contributed by atoms with van der Waals surface area (Å²) in [7, 11) is 0. The van der Waals surface area contributed by atoms with Gasteiger partial charge in [-0.25, -0.2) is 14.8 Å². The predicted octanol–water partition coefficient (Wildman–Crippen LogP) is 3.85. The molecule has 0 spiro atoms. The number of aromatic nitrogens is 4. The third-order valence-corrected chi connectivity index (χ3v) is 4.43. The van der Waals surface area contributed by atoms with E-state index in [0.29, 0.717) is 11.3 Å². The molecular weight excluding hydrogens is 300 g/mol. The highest BCUT2D eigenvalue weighted by atomic mass is 16.1. The van der Waals surface area contributed by atoms with Crippen LogP contribution in [0.1, 0.15) is 56.8 Å². The zero-order valence-electron chi connectivity index (χ0n) is 14.3. The number of unbranched alkanes of at least 4 members (excludes halogenated alkanes) is 3. The number of H-pyrrole nitrogens is 1. The molecule has 0 radical (unpaired) electrons. The van der Waals surface area contributed by atoms with E-state index in [2.05, 4.69) is 21.9 Å². The maximum absolute atomic E-state index is 12.4. The van der Waals surface area contributed by atoms with E-state index in [1.807, 2.05) is 37.3 Å². The standard InChI is InChI=1S/C19H24N4O/c1-3-4-5-9-12-16-13-20-18-17(21-16)22-19(24)23(18)14(2)15-10-7-6-8-11-15/h6-8,10-11,13-14H,3-5,9,12H2,1-2H3,(H,21,22,24)/t14-/m0/s1. The van der Waals surface area contributed by atoms with Gasteiger partial charge in [0.25, 0.3) is 0 Å². The van der Waals surface area contributed by atoms with Crippen LogP contribution in [-0.4, -0.2) is 19.5 Å². The lowest BCUT2D eigenvalue weighted by Gasteiger charge is -2.13. The molecule has 1 N–H and O–H groups in total. The van der Waals surface area contributed by atoms with Gasteiger partial charge < -0.3 is 0 Å². The van der Waals surface area contributed by atoms with Gasteiger partial charge in [-0.15, -0.1) is 0 Å². The first kappa shape index (κ1) is 16.4. The molecule has 3 aromatic rings. The topological polar surface area (TPSA) is 63.6 Å². The third-order valence-electron chi connectivity index (χ3n) is 4.43. The Balaban J connectivity index is 1.88. The third kappa shape index (κ3) is 3.40. The van der Waals surface area contributed by atoms with E-state index in [1.165, 1.54) is 19.3 Å². The molecular formula is C19H24N4O. The fourth-order valence-electron chi connectivity index (χ4n) is 3.03. The predicted molar refractivity (Wildman–Crippen MR) is 96.2 cm³/mol. The van der Waals surface area contributed by atoms with Crippen molar-refractivity contribution in [3.05, 3.63) is 58.3 Å². The molecule has 0 saturated heterocycles.